The minimum Gasteiger partial charge on any atom is -0.481 e. The Hall–Kier alpha value is -1.06. The van der Waals surface area contributed by atoms with E-state index in [1.165, 1.54) is 0 Å². The van der Waals surface area contributed by atoms with Crippen molar-refractivity contribution in [2.45, 2.75) is 47.0 Å². The summed E-state index contributed by atoms with van der Waals surface area (Å²) in [6.07, 6.45) is 2.22. The molecule has 19 heavy (non-hydrogen) atoms. The number of amides is 1. The molecule has 0 aromatic carbocycles. The van der Waals surface area contributed by atoms with Crippen LogP contribution < -0.4 is 0 Å². The van der Waals surface area contributed by atoms with Gasteiger partial charge in [0.15, 0.2) is 0 Å². The van der Waals surface area contributed by atoms with Crippen LogP contribution in [-0.4, -0.2) is 35.0 Å². The van der Waals surface area contributed by atoms with Gasteiger partial charge in [0.05, 0.1) is 11.8 Å². The summed E-state index contributed by atoms with van der Waals surface area (Å²) in [6.45, 7) is 9.79. The topological polar surface area (TPSA) is 57.6 Å². The molecule has 1 aliphatic rings. The largest absolute Gasteiger partial charge is 0.481 e. The minimum atomic E-state index is -0.815. The predicted octanol–water partition coefficient (Wildman–Crippen LogP) is 2.63. The van der Waals surface area contributed by atoms with Crippen LogP contribution in [0.15, 0.2) is 0 Å². The maximum atomic E-state index is 12.6. The van der Waals surface area contributed by atoms with E-state index in [4.69, 9.17) is 0 Å². The predicted molar refractivity (Wildman–Crippen MR) is 74.7 cm³/mol. The Morgan fingerprint density at radius 2 is 1.53 bits per heavy atom. The first-order valence-electron chi connectivity index (χ1n) is 7.34. The van der Waals surface area contributed by atoms with Crippen molar-refractivity contribution in [2.24, 2.45) is 23.7 Å². The average Bonchev–Trinajstić information content (AvgIpc) is 2.74. The number of carboxylic acid groups (broad SMARTS) is 1. The molecule has 1 saturated carbocycles. The third-order valence-corrected chi connectivity index (χ3v) is 3.63. The van der Waals surface area contributed by atoms with Crippen molar-refractivity contribution in [1.82, 2.24) is 4.90 Å². The molecule has 0 radical (unpaired) electrons. The van der Waals surface area contributed by atoms with Crippen molar-refractivity contribution in [3.8, 4) is 0 Å². The summed E-state index contributed by atoms with van der Waals surface area (Å²) in [5.41, 5.74) is 0. The van der Waals surface area contributed by atoms with E-state index in [1.807, 2.05) is 4.90 Å². The SMILES string of the molecule is CC(C)CN(CC(C)C)C(=O)C1CCCC1C(=O)O. The Morgan fingerprint density at radius 3 is 1.95 bits per heavy atom. The van der Waals surface area contributed by atoms with Gasteiger partial charge in [0.2, 0.25) is 5.91 Å². The van der Waals surface area contributed by atoms with Crippen molar-refractivity contribution in [1.29, 1.82) is 0 Å². The summed E-state index contributed by atoms with van der Waals surface area (Å²) < 4.78 is 0. The number of nitrogens with zero attached hydrogens (tertiary/aromatic N) is 1. The fourth-order valence-electron chi connectivity index (χ4n) is 2.92. The van der Waals surface area contributed by atoms with Gasteiger partial charge in [0, 0.05) is 13.1 Å². The van der Waals surface area contributed by atoms with Gasteiger partial charge in [-0.25, -0.2) is 0 Å². The molecule has 0 bridgehead atoms. The van der Waals surface area contributed by atoms with Crippen molar-refractivity contribution in [2.75, 3.05) is 13.1 Å². The molecule has 4 nitrogen and oxygen atoms in total. The lowest BCUT2D eigenvalue weighted by Gasteiger charge is -2.30. The van der Waals surface area contributed by atoms with Gasteiger partial charge in [-0.3, -0.25) is 9.59 Å². The third-order valence-electron chi connectivity index (χ3n) is 3.63. The highest BCUT2D eigenvalue weighted by atomic mass is 16.4. The van der Waals surface area contributed by atoms with E-state index in [1.54, 1.807) is 0 Å². The second-order valence-electron chi connectivity index (χ2n) is 6.51. The molecule has 1 N–H and O–H groups in total. The smallest absolute Gasteiger partial charge is 0.307 e. The number of rotatable bonds is 6. The van der Waals surface area contributed by atoms with Gasteiger partial charge in [0.1, 0.15) is 0 Å². The van der Waals surface area contributed by atoms with Crippen LogP contribution in [0.3, 0.4) is 0 Å². The number of carboxylic acids is 1. The summed E-state index contributed by atoms with van der Waals surface area (Å²) in [4.78, 5) is 25.7. The lowest BCUT2D eigenvalue weighted by Crippen LogP contribution is -2.42. The lowest BCUT2D eigenvalue weighted by molar-refractivity contribution is -0.149. The quantitative estimate of drug-likeness (QED) is 0.806. The van der Waals surface area contributed by atoms with Crippen LogP contribution in [0.5, 0.6) is 0 Å². The van der Waals surface area contributed by atoms with Crippen LogP contribution >= 0.6 is 0 Å². The molecule has 110 valence electrons. The van der Waals surface area contributed by atoms with Gasteiger partial charge in [0.25, 0.3) is 0 Å². The Balaban J connectivity index is 2.77. The molecular formula is C15H27NO3. The number of carbonyl (C=O) groups is 2. The maximum absolute atomic E-state index is 12.6. The van der Waals surface area contributed by atoms with Crippen molar-refractivity contribution in [3.05, 3.63) is 0 Å². The van der Waals surface area contributed by atoms with E-state index < -0.39 is 11.9 Å². The van der Waals surface area contributed by atoms with E-state index >= 15 is 0 Å². The Bertz CT molecular complexity index is 315. The molecule has 4 heteroatoms. The van der Waals surface area contributed by atoms with Crippen LogP contribution in [0.2, 0.25) is 0 Å². The molecule has 2 atom stereocenters. The fourth-order valence-corrected chi connectivity index (χ4v) is 2.92. The summed E-state index contributed by atoms with van der Waals surface area (Å²) in [5.74, 6) is -0.735. The van der Waals surface area contributed by atoms with E-state index in [2.05, 4.69) is 27.7 Å². The number of hydrogen-bond acceptors (Lipinski definition) is 2. The minimum absolute atomic E-state index is 0.0484. The zero-order valence-electron chi connectivity index (χ0n) is 12.6. The van der Waals surface area contributed by atoms with Gasteiger partial charge < -0.3 is 10.0 Å². The standard InChI is InChI=1S/C15H27NO3/c1-10(2)8-16(9-11(3)4)14(17)12-6-5-7-13(12)15(18)19/h10-13H,5-9H2,1-4H3,(H,18,19). The summed E-state index contributed by atoms with van der Waals surface area (Å²) in [6, 6.07) is 0. The lowest BCUT2D eigenvalue weighted by atomic mass is 9.94. The second kappa shape index (κ2) is 6.92. The molecule has 1 amide bonds. The highest BCUT2D eigenvalue weighted by molar-refractivity contribution is 5.85. The van der Waals surface area contributed by atoms with Crippen molar-refractivity contribution in [3.63, 3.8) is 0 Å². The number of hydrogen-bond donors (Lipinski definition) is 1. The zero-order valence-corrected chi connectivity index (χ0v) is 12.6. The molecule has 2 unspecified atom stereocenters. The molecule has 1 rings (SSSR count). The molecule has 0 aromatic rings. The van der Waals surface area contributed by atoms with Gasteiger partial charge in [-0.05, 0) is 24.7 Å². The van der Waals surface area contributed by atoms with Gasteiger partial charge >= 0.3 is 5.97 Å². The first-order valence-corrected chi connectivity index (χ1v) is 7.34. The van der Waals surface area contributed by atoms with Crippen molar-refractivity contribution < 1.29 is 14.7 Å². The molecule has 0 aliphatic heterocycles. The van der Waals surface area contributed by atoms with E-state index in [-0.39, 0.29) is 11.8 Å². The molecule has 0 aromatic heterocycles. The van der Waals surface area contributed by atoms with Gasteiger partial charge in [-0.2, -0.15) is 0 Å². The maximum Gasteiger partial charge on any atom is 0.307 e. The van der Waals surface area contributed by atoms with Crippen LogP contribution in [0, 0.1) is 23.7 Å². The second-order valence-corrected chi connectivity index (χ2v) is 6.51. The molecule has 0 saturated heterocycles. The van der Waals surface area contributed by atoms with Crippen LogP contribution in [-0.2, 0) is 9.59 Å². The van der Waals surface area contributed by atoms with E-state index in [9.17, 15) is 14.7 Å². The Kier molecular flexibility index (Phi) is 5.83. The van der Waals surface area contributed by atoms with Crippen LogP contribution in [0.1, 0.15) is 47.0 Å². The van der Waals surface area contributed by atoms with Crippen LogP contribution in [0.4, 0.5) is 0 Å². The number of aliphatic carboxylic acids is 1. The highest BCUT2D eigenvalue weighted by Crippen LogP contribution is 2.33. The summed E-state index contributed by atoms with van der Waals surface area (Å²) >= 11 is 0. The molecular weight excluding hydrogens is 242 g/mol. The molecule has 0 heterocycles. The molecule has 1 aliphatic carbocycles. The Labute approximate surface area is 116 Å². The first kappa shape index (κ1) is 16.0. The fraction of sp³-hybridized carbons (Fsp3) is 0.867. The molecule has 0 spiro atoms. The Morgan fingerprint density at radius 1 is 1.05 bits per heavy atom. The zero-order chi connectivity index (χ0) is 14.6. The third kappa shape index (κ3) is 4.51. The summed E-state index contributed by atoms with van der Waals surface area (Å²) in [5, 5.41) is 9.21. The monoisotopic (exact) mass is 269 g/mol. The average molecular weight is 269 g/mol. The number of carbonyl (C=O) groups excluding carboxylic acids is 1. The highest BCUT2D eigenvalue weighted by Gasteiger charge is 2.39. The van der Waals surface area contributed by atoms with Crippen molar-refractivity contribution >= 4 is 11.9 Å². The van der Waals surface area contributed by atoms with E-state index in [0.717, 1.165) is 25.9 Å². The van der Waals surface area contributed by atoms with Crippen LogP contribution in [0.25, 0.3) is 0 Å². The normalized spacial score (nSPS) is 23.1. The van der Waals surface area contributed by atoms with Gasteiger partial charge in [-0.15, -0.1) is 0 Å². The molecule has 1 fully saturated rings. The van der Waals surface area contributed by atoms with E-state index in [0.29, 0.717) is 18.3 Å². The first-order chi connectivity index (χ1) is 8.82. The van der Waals surface area contributed by atoms with Gasteiger partial charge in [-0.1, -0.05) is 34.1 Å². The summed E-state index contributed by atoms with van der Waals surface area (Å²) in [7, 11) is 0.